The molecule has 3 heteroatoms. The first-order chi connectivity index (χ1) is 6.79. The largest absolute Gasteiger partial charge is 0.298 e. The fraction of sp³-hybridized carbons (Fsp3) is 1.00. The molecule has 2 fully saturated rings. The highest BCUT2D eigenvalue weighted by molar-refractivity contribution is 4.87. The van der Waals surface area contributed by atoms with E-state index in [2.05, 4.69) is 16.7 Å². The topological polar surface area (TPSA) is 6.48 Å². The number of halogens is 1. The van der Waals surface area contributed by atoms with Gasteiger partial charge in [0.25, 0.3) is 0 Å². The maximum atomic E-state index is 12.1. The van der Waals surface area contributed by atoms with Crippen molar-refractivity contribution in [2.75, 3.05) is 39.4 Å². The van der Waals surface area contributed by atoms with E-state index in [1.165, 1.54) is 12.8 Å². The number of nitrogens with zero attached hydrogens (tertiary/aromatic N) is 2. The van der Waals surface area contributed by atoms with Gasteiger partial charge in [0, 0.05) is 38.8 Å². The molecule has 2 aliphatic rings. The van der Waals surface area contributed by atoms with Gasteiger partial charge in [0.2, 0.25) is 0 Å². The summed E-state index contributed by atoms with van der Waals surface area (Å²) in [6, 6.07) is 0.845. The molecule has 0 aromatic rings. The van der Waals surface area contributed by atoms with Crippen molar-refractivity contribution in [3.8, 4) is 0 Å². The van der Waals surface area contributed by atoms with Gasteiger partial charge in [-0.25, -0.2) is 4.39 Å². The molecule has 14 heavy (non-hydrogen) atoms. The minimum atomic E-state index is -0.194. The molecule has 1 aliphatic heterocycles. The van der Waals surface area contributed by atoms with Crippen LogP contribution >= 0.6 is 0 Å². The third kappa shape index (κ3) is 2.26. The Morgan fingerprint density at radius 1 is 1.14 bits per heavy atom. The molecule has 0 bridgehead atoms. The summed E-state index contributed by atoms with van der Waals surface area (Å²) in [4.78, 5) is 4.83. The molecule has 2 nitrogen and oxygen atoms in total. The van der Waals surface area contributed by atoms with E-state index in [0.29, 0.717) is 6.54 Å². The third-order valence-electron chi connectivity index (χ3n) is 3.67. The second-order valence-corrected chi connectivity index (χ2v) is 4.80. The molecule has 1 heterocycles. The molecule has 1 aliphatic carbocycles. The van der Waals surface area contributed by atoms with E-state index in [1.807, 2.05) is 0 Å². The average Bonchev–Trinajstić information content (AvgIpc) is 2.15. The van der Waals surface area contributed by atoms with E-state index in [4.69, 9.17) is 0 Å². The van der Waals surface area contributed by atoms with E-state index in [0.717, 1.165) is 38.1 Å². The fourth-order valence-electron chi connectivity index (χ4n) is 2.63. The van der Waals surface area contributed by atoms with E-state index in [-0.39, 0.29) is 6.67 Å². The quantitative estimate of drug-likeness (QED) is 0.679. The standard InChI is InChI=1S/C11H21FN2/c1-10-8-11(9-10)14-6-4-13(3-2-12)5-7-14/h10-11H,2-9H2,1H3. The van der Waals surface area contributed by atoms with Crippen molar-refractivity contribution >= 4 is 0 Å². The zero-order chi connectivity index (χ0) is 9.97. The summed E-state index contributed by atoms with van der Waals surface area (Å²) >= 11 is 0. The molecule has 82 valence electrons. The number of hydrogen-bond donors (Lipinski definition) is 0. The summed E-state index contributed by atoms with van der Waals surface area (Å²) < 4.78 is 12.1. The SMILES string of the molecule is CC1CC(N2CCN(CCF)CC2)C1. The number of alkyl halides is 1. The molecule has 0 aromatic carbocycles. The van der Waals surface area contributed by atoms with Crippen LogP contribution in [0, 0.1) is 5.92 Å². The van der Waals surface area contributed by atoms with Gasteiger partial charge in [-0.15, -0.1) is 0 Å². The highest BCUT2D eigenvalue weighted by Crippen LogP contribution is 2.31. The maximum Gasteiger partial charge on any atom is 0.102 e. The lowest BCUT2D eigenvalue weighted by Gasteiger charge is -2.45. The van der Waals surface area contributed by atoms with Crippen molar-refractivity contribution in [1.82, 2.24) is 9.80 Å². The molecule has 0 unspecified atom stereocenters. The molecule has 0 amide bonds. The van der Waals surface area contributed by atoms with Gasteiger partial charge in [0.15, 0.2) is 0 Å². The van der Waals surface area contributed by atoms with Gasteiger partial charge in [-0.2, -0.15) is 0 Å². The van der Waals surface area contributed by atoms with Crippen molar-refractivity contribution < 1.29 is 4.39 Å². The van der Waals surface area contributed by atoms with Crippen molar-refractivity contribution in [3.05, 3.63) is 0 Å². The Kier molecular flexibility index (Phi) is 3.39. The fourth-order valence-corrected chi connectivity index (χ4v) is 2.63. The Morgan fingerprint density at radius 2 is 1.79 bits per heavy atom. The molecule has 2 rings (SSSR count). The molecule has 1 saturated carbocycles. The predicted octanol–water partition coefficient (Wildman–Crippen LogP) is 1.37. The molecule has 0 spiro atoms. The number of rotatable bonds is 3. The van der Waals surface area contributed by atoms with Crippen LogP contribution in [0.15, 0.2) is 0 Å². The van der Waals surface area contributed by atoms with Crippen LogP contribution in [0.1, 0.15) is 19.8 Å². The Morgan fingerprint density at radius 3 is 2.29 bits per heavy atom. The Labute approximate surface area is 86.1 Å². The van der Waals surface area contributed by atoms with Gasteiger partial charge in [-0.05, 0) is 18.8 Å². The highest BCUT2D eigenvalue weighted by atomic mass is 19.1. The van der Waals surface area contributed by atoms with Crippen molar-refractivity contribution in [2.24, 2.45) is 5.92 Å². The zero-order valence-electron chi connectivity index (χ0n) is 9.08. The maximum absolute atomic E-state index is 12.1. The second kappa shape index (κ2) is 4.58. The van der Waals surface area contributed by atoms with E-state index >= 15 is 0 Å². The first kappa shape index (κ1) is 10.4. The van der Waals surface area contributed by atoms with Crippen LogP contribution in [0.2, 0.25) is 0 Å². The van der Waals surface area contributed by atoms with Crippen molar-refractivity contribution in [2.45, 2.75) is 25.8 Å². The van der Waals surface area contributed by atoms with Gasteiger partial charge < -0.3 is 0 Å². The van der Waals surface area contributed by atoms with Gasteiger partial charge in [0.1, 0.15) is 6.67 Å². The Balaban J connectivity index is 1.68. The first-order valence-corrected chi connectivity index (χ1v) is 5.82. The summed E-state index contributed by atoms with van der Waals surface area (Å²) in [6.45, 7) is 7.20. The summed E-state index contributed by atoms with van der Waals surface area (Å²) in [7, 11) is 0. The van der Waals surface area contributed by atoms with Crippen molar-refractivity contribution in [3.63, 3.8) is 0 Å². The van der Waals surface area contributed by atoms with Gasteiger partial charge in [-0.3, -0.25) is 9.80 Å². The molecule has 1 saturated heterocycles. The van der Waals surface area contributed by atoms with Crippen LogP contribution in [-0.4, -0.2) is 55.2 Å². The number of hydrogen-bond acceptors (Lipinski definition) is 2. The molecular weight excluding hydrogens is 179 g/mol. The molecule has 0 aromatic heterocycles. The van der Waals surface area contributed by atoms with Crippen LogP contribution in [0.4, 0.5) is 4.39 Å². The van der Waals surface area contributed by atoms with E-state index in [1.54, 1.807) is 0 Å². The lowest BCUT2D eigenvalue weighted by molar-refractivity contribution is 0.0366. The number of piperazine rings is 1. The third-order valence-corrected chi connectivity index (χ3v) is 3.67. The van der Waals surface area contributed by atoms with Crippen LogP contribution in [-0.2, 0) is 0 Å². The average molecular weight is 200 g/mol. The minimum absolute atomic E-state index is 0.194. The lowest BCUT2D eigenvalue weighted by atomic mass is 9.80. The summed E-state index contributed by atoms with van der Waals surface area (Å²) in [6.07, 6.45) is 2.76. The van der Waals surface area contributed by atoms with Crippen molar-refractivity contribution in [1.29, 1.82) is 0 Å². The Hall–Kier alpha value is -0.150. The minimum Gasteiger partial charge on any atom is -0.298 e. The summed E-state index contributed by atoms with van der Waals surface area (Å²) in [5.41, 5.74) is 0. The molecule has 0 atom stereocenters. The van der Waals surface area contributed by atoms with Gasteiger partial charge in [0.05, 0.1) is 0 Å². The monoisotopic (exact) mass is 200 g/mol. The summed E-state index contributed by atoms with van der Waals surface area (Å²) in [5.74, 6) is 0.934. The van der Waals surface area contributed by atoms with Crippen LogP contribution < -0.4 is 0 Å². The van der Waals surface area contributed by atoms with E-state index in [9.17, 15) is 4.39 Å². The molecule has 0 radical (unpaired) electrons. The van der Waals surface area contributed by atoms with Crippen LogP contribution in [0.3, 0.4) is 0 Å². The molecular formula is C11H21FN2. The van der Waals surface area contributed by atoms with Gasteiger partial charge >= 0.3 is 0 Å². The van der Waals surface area contributed by atoms with Crippen LogP contribution in [0.25, 0.3) is 0 Å². The molecule has 0 N–H and O–H groups in total. The van der Waals surface area contributed by atoms with Gasteiger partial charge in [-0.1, -0.05) is 6.92 Å². The second-order valence-electron chi connectivity index (χ2n) is 4.80. The first-order valence-electron chi connectivity index (χ1n) is 5.82. The smallest absolute Gasteiger partial charge is 0.102 e. The summed E-state index contributed by atoms with van der Waals surface area (Å²) in [5, 5.41) is 0. The predicted molar refractivity (Wildman–Crippen MR) is 56.2 cm³/mol. The zero-order valence-corrected chi connectivity index (χ0v) is 9.08. The van der Waals surface area contributed by atoms with E-state index < -0.39 is 0 Å². The lowest BCUT2D eigenvalue weighted by Crippen LogP contribution is -2.53. The van der Waals surface area contributed by atoms with Crippen LogP contribution in [0.5, 0.6) is 0 Å². The normalized spacial score (nSPS) is 35.6. The highest BCUT2D eigenvalue weighted by Gasteiger charge is 2.32. The Bertz CT molecular complexity index is 172.